The number of pyridine rings is 1. The third-order valence-electron chi connectivity index (χ3n) is 16.1. The minimum Gasteiger partial charge on any atom is -0.507 e. The van der Waals surface area contributed by atoms with Crippen molar-refractivity contribution in [1.82, 2.24) is 14.5 Å². The number of rotatable bonds is 12. The van der Waals surface area contributed by atoms with Crippen LogP contribution in [0.2, 0.25) is 0 Å². The Bertz CT molecular complexity index is 3910. The van der Waals surface area contributed by atoms with E-state index in [1.165, 1.54) is 47.9 Å². The Morgan fingerprint density at radius 1 is 0.500 bits per heavy atom. The molecule has 1 N–H and O–H groups in total. The molecule has 9 aromatic carbocycles. The van der Waals surface area contributed by atoms with Crippen LogP contribution in [0.3, 0.4) is 0 Å². The van der Waals surface area contributed by atoms with Gasteiger partial charge in [0.1, 0.15) is 11.6 Å². The first-order valence-corrected chi connectivity index (χ1v) is 27.4. The molecule has 388 valence electrons. The molecule has 0 spiro atoms. The van der Waals surface area contributed by atoms with Gasteiger partial charge in [-0.3, -0.25) is 9.55 Å². The molecule has 1 fully saturated rings. The van der Waals surface area contributed by atoms with Crippen molar-refractivity contribution >= 4 is 11.0 Å². The van der Waals surface area contributed by atoms with Gasteiger partial charge in [-0.2, -0.15) is 0 Å². The second-order valence-corrected chi connectivity index (χ2v) is 22.6. The second kappa shape index (κ2) is 21.8. The molecule has 0 unspecified atom stereocenters. The fourth-order valence-corrected chi connectivity index (χ4v) is 11.6. The molecule has 0 aliphatic heterocycles. The van der Waals surface area contributed by atoms with Gasteiger partial charge in [0.05, 0.1) is 22.3 Å². The molecule has 78 heavy (non-hydrogen) atoms. The van der Waals surface area contributed by atoms with Crippen LogP contribution < -0.4 is 0 Å². The number of phenolic OH excluding ortho intramolecular Hbond substituents is 1. The zero-order valence-corrected chi connectivity index (χ0v) is 47.4. The number of benzene rings is 9. The van der Waals surface area contributed by atoms with Crippen molar-refractivity contribution in [2.45, 2.75) is 77.6 Å². The Morgan fingerprint density at radius 2 is 1.09 bits per heavy atom. The number of para-hydroxylation sites is 1. The van der Waals surface area contributed by atoms with Crippen LogP contribution in [-0.4, -0.2) is 19.6 Å². The molecule has 2 heterocycles. The molecule has 1 aliphatic rings. The summed E-state index contributed by atoms with van der Waals surface area (Å²) in [6.45, 7) is 11.4. The van der Waals surface area contributed by atoms with Crippen molar-refractivity contribution in [3.8, 4) is 89.7 Å². The first-order valence-electron chi connectivity index (χ1n) is 27.4. The molecular weight excluding hydrogens is 1130 g/mol. The van der Waals surface area contributed by atoms with Gasteiger partial charge in [0.25, 0.3) is 0 Å². The maximum Gasteiger partial charge on any atom is 0.148 e. The van der Waals surface area contributed by atoms with Crippen LogP contribution in [-0.2, 0) is 38.3 Å². The summed E-state index contributed by atoms with van der Waals surface area (Å²) in [6, 6.07) is 81.6. The molecule has 2 aromatic heterocycles. The van der Waals surface area contributed by atoms with E-state index in [2.05, 4.69) is 239 Å². The van der Waals surface area contributed by atoms with Gasteiger partial charge in [0, 0.05) is 49.5 Å². The summed E-state index contributed by atoms with van der Waals surface area (Å²) in [7, 11) is 0. The molecule has 5 heteroatoms. The van der Waals surface area contributed by atoms with E-state index in [0.29, 0.717) is 17.3 Å². The van der Waals surface area contributed by atoms with Gasteiger partial charge in [-0.15, -0.1) is 29.3 Å². The minimum absolute atomic E-state index is 0. The Hall–Kier alpha value is -7.91. The number of aromatic nitrogens is 3. The van der Waals surface area contributed by atoms with Crippen LogP contribution in [0.15, 0.2) is 225 Å². The van der Waals surface area contributed by atoms with Crippen molar-refractivity contribution in [3.63, 3.8) is 0 Å². The molecule has 0 amide bonds. The molecule has 0 radical (unpaired) electrons. The average Bonchev–Trinajstić information content (AvgIpc) is 4.30. The van der Waals surface area contributed by atoms with Gasteiger partial charge < -0.3 is 5.11 Å². The largest absolute Gasteiger partial charge is 0.507 e. The second-order valence-electron chi connectivity index (χ2n) is 22.6. The third kappa shape index (κ3) is 10.3. The monoisotopic (exact) mass is 1190 g/mol. The number of hydrogen-bond acceptors (Lipinski definition) is 3. The molecule has 0 atom stereocenters. The molecule has 1 aliphatic carbocycles. The summed E-state index contributed by atoms with van der Waals surface area (Å²) in [5, 5.41) is 12.9. The van der Waals surface area contributed by atoms with Gasteiger partial charge in [0.2, 0.25) is 0 Å². The zero-order chi connectivity index (χ0) is 52.7. The van der Waals surface area contributed by atoms with Gasteiger partial charge in [-0.1, -0.05) is 241 Å². The number of hydrogen-bond donors (Lipinski definition) is 1. The van der Waals surface area contributed by atoms with E-state index in [9.17, 15) is 5.11 Å². The molecule has 0 saturated heterocycles. The van der Waals surface area contributed by atoms with E-state index in [1.807, 2.05) is 30.5 Å². The van der Waals surface area contributed by atoms with E-state index in [1.54, 1.807) is 0 Å². The summed E-state index contributed by atoms with van der Waals surface area (Å²) in [5.41, 5.74) is 19.9. The predicted octanol–water partition coefficient (Wildman–Crippen LogP) is 18.9. The van der Waals surface area contributed by atoms with Gasteiger partial charge in [0.15, 0.2) is 0 Å². The molecule has 4 nitrogen and oxygen atoms in total. The van der Waals surface area contributed by atoms with Gasteiger partial charge in [-0.05, 0) is 104 Å². The standard InChI is InChI=1S/C73H64N3O.Pt/c1-72(2,3)61-44-57(42-58(45-61)66-48-55(38-39-74-66)54-30-20-33-60(43-54)73(4,5)59-31-16-9-17-32-59)62-34-21-35-68-69(62)75-71(65-47-56(51-24-10-6-11-25-51)46-64(70(65)77)53-28-14-8-15-29-53)76(68)67-37-36-50(40-49-22-18-19-23-49)41-63(67)52-26-12-7-13-27-52;/h6-17,20-21,24-39,41,43-49,77H,18-19,22-23,40H2,1-5H3;/q-1;. The van der Waals surface area contributed by atoms with Crippen LogP contribution in [0.4, 0.5) is 0 Å². The SMILES string of the molecule is CC(C)(C)c1cc(-c2cc(-c3cccc(C(C)(C)c4ccccc4)c3)ccn2)[c-]c(-c2cccc3c2nc(-c2cc(-c4ccccc4)cc(-c4ccccc4)c2O)n3-c2ccc(CC3CCCC3)cc2-c2ccccc2)c1.[Pt]. The van der Waals surface area contributed by atoms with Crippen molar-refractivity contribution in [1.29, 1.82) is 0 Å². The summed E-state index contributed by atoms with van der Waals surface area (Å²) < 4.78 is 2.30. The Balaban J connectivity index is 0.00000645. The van der Waals surface area contributed by atoms with Gasteiger partial charge >= 0.3 is 0 Å². The number of phenols is 1. The molecular formula is C73H64N3OPt-. The smallest absolute Gasteiger partial charge is 0.148 e. The quantitative estimate of drug-likeness (QED) is 0.124. The van der Waals surface area contributed by atoms with E-state index in [0.717, 1.165) is 90.0 Å². The van der Waals surface area contributed by atoms with Crippen LogP contribution >= 0.6 is 0 Å². The van der Waals surface area contributed by atoms with Crippen LogP contribution in [0, 0.1) is 12.0 Å². The maximum atomic E-state index is 12.9. The topological polar surface area (TPSA) is 50.9 Å². The van der Waals surface area contributed by atoms with Crippen LogP contribution in [0.1, 0.15) is 82.6 Å². The molecule has 1 saturated carbocycles. The van der Waals surface area contributed by atoms with E-state index in [4.69, 9.17) is 9.97 Å². The minimum atomic E-state index is -0.200. The van der Waals surface area contributed by atoms with Gasteiger partial charge in [-0.25, -0.2) is 4.98 Å². The maximum absolute atomic E-state index is 12.9. The third-order valence-corrected chi connectivity index (χ3v) is 16.1. The first-order chi connectivity index (χ1) is 37.5. The summed E-state index contributed by atoms with van der Waals surface area (Å²) in [4.78, 5) is 10.8. The summed E-state index contributed by atoms with van der Waals surface area (Å²) in [6.07, 6.45) is 8.15. The van der Waals surface area contributed by atoms with E-state index >= 15 is 0 Å². The Morgan fingerprint density at radius 3 is 1.78 bits per heavy atom. The summed E-state index contributed by atoms with van der Waals surface area (Å²) in [5.74, 6) is 1.52. The van der Waals surface area contributed by atoms with Crippen molar-refractivity contribution in [3.05, 3.63) is 253 Å². The van der Waals surface area contributed by atoms with E-state index < -0.39 is 0 Å². The normalized spacial score (nSPS) is 12.9. The van der Waals surface area contributed by atoms with Crippen molar-refractivity contribution in [2.75, 3.05) is 0 Å². The van der Waals surface area contributed by atoms with Crippen LogP contribution in [0.25, 0.3) is 95.0 Å². The number of aromatic hydroxyl groups is 1. The first kappa shape index (κ1) is 52.2. The van der Waals surface area contributed by atoms with Crippen LogP contribution in [0.5, 0.6) is 5.75 Å². The van der Waals surface area contributed by atoms with E-state index in [-0.39, 0.29) is 37.6 Å². The Labute approximate surface area is 474 Å². The molecule has 0 bridgehead atoms. The zero-order valence-electron chi connectivity index (χ0n) is 45.1. The number of imidazole rings is 1. The van der Waals surface area contributed by atoms with Crippen molar-refractivity contribution in [2.24, 2.45) is 5.92 Å². The number of fused-ring (bicyclic) bond motifs is 1. The fraction of sp³-hybridized carbons (Fsp3) is 0.178. The predicted molar refractivity (Wildman–Crippen MR) is 320 cm³/mol. The fourth-order valence-electron chi connectivity index (χ4n) is 11.6. The molecule has 12 rings (SSSR count). The number of nitrogens with zero attached hydrogens (tertiary/aromatic N) is 3. The Kier molecular flexibility index (Phi) is 14.6. The summed E-state index contributed by atoms with van der Waals surface area (Å²) >= 11 is 0. The van der Waals surface area contributed by atoms with Crippen molar-refractivity contribution < 1.29 is 26.2 Å². The molecule has 11 aromatic rings. The average molecular weight is 1190 g/mol.